The van der Waals surface area contributed by atoms with Crippen molar-refractivity contribution in [3.05, 3.63) is 38.0 Å². The molecule has 0 saturated carbocycles. The largest absolute Gasteiger partial charge is 0.106 e. The Morgan fingerprint density at radius 1 is 1.20 bits per heavy atom. The predicted molar refractivity (Wildman–Crippen MR) is 54.3 cm³/mol. The van der Waals surface area contributed by atoms with Crippen molar-refractivity contribution in [2.24, 2.45) is 0 Å². The molecular weight excluding hydrogens is 120 g/mol. The highest BCUT2D eigenvalue weighted by Crippen LogP contribution is 1.81. The molecule has 0 atom stereocenters. The molecule has 0 nitrogen and oxygen atoms in total. The zero-order valence-electron chi connectivity index (χ0n) is 6.91. The number of hydrogen-bond donors (Lipinski definition) is 0. The van der Waals surface area contributed by atoms with Crippen molar-refractivity contribution < 1.29 is 0 Å². The van der Waals surface area contributed by atoms with Crippen LogP contribution in [-0.4, -0.2) is 0 Å². The lowest BCUT2D eigenvalue weighted by atomic mass is 10.4. The van der Waals surface area contributed by atoms with E-state index in [1.807, 2.05) is 20.8 Å². The molecule has 0 aromatic heterocycles. The summed E-state index contributed by atoms with van der Waals surface area (Å²) in [5, 5.41) is 0. The molecule has 0 heteroatoms. The number of hydrogen-bond acceptors (Lipinski definition) is 0. The second kappa shape index (κ2) is 41.3. The molecule has 0 radical (unpaired) electrons. The summed E-state index contributed by atoms with van der Waals surface area (Å²) < 4.78 is 0. The van der Waals surface area contributed by atoms with Gasteiger partial charge in [0.25, 0.3) is 0 Å². The van der Waals surface area contributed by atoms with Gasteiger partial charge >= 0.3 is 0 Å². The van der Waals surface area contributed by atoms with Crippen molar-refractivity contribution in [1.29, 1.82) is 0 Å². The van der Waals surface area contributed by atoms with Gasteiger partial charge < -0.3 is 0 Å². The molecule has 0 heterocycles. The fourth-order valence-electron chi connectivity index (χ4n) is 0. The van der Waals surface area contributed by atoms with E-state index in [0.29, 0.717) is 0 Å². The van der Waals surface area contributed by atoms with Crippen molar-refractivity contribution in [2.45, 2.75) is 28.2 Å². The molecule has 0 amide bonds. The molecule has 0 bridgehead atoms. The van der Waals surface area contributed by atoms with Crippen LogP contribution in [0.15, 0.2) is 38.0 Å². The molecule has 0 aliphatic carbocycles. The maximum Gasteiger partial charge on any atom is -0.0404 e. The Bertz CT molecular complexity index is 60.4. The summed E-state index contributed by atoms with van der Waals surface area (Å²) in [7, 11) is 0. The average molecular weight is 142 g/mol. The van der Waals surface area contributed by atoms with Crippen molar-refractivity contribution >= 4 is 0 Å². The third-order valence-electron chi connectivity index (χ3n) is 0.348. The van der Waals surface area contributed by atoms with Gasteiger partial charge in [-0.15, -0.1) is 13.2 Å². The molecule has 0 aliphatic rings. The minimum atomic E-state index is 0. The highest BCUT2D eigenvalue weighted by molar-refractivity contribution is 5.05. The van der Waals surface area contributed by atoms with Crippen LogP contribution in [0.4, 0.5) is 0 Å². The topological polar surface area (TPSA) is 0 Å². The Morgan fingerprint density at radius 2 is 1.30 bits per heavy atom. The normalized spacial score (nSPS) is 4.30. The molecule has 0 saturated heterocycles. The Balaban J connectivity index is -0.0000000315. The summed E-state index contributed by atoms with van der Waals surface area (Å²) in [6.07, 6.45) is 1.72. The number of allylic oxidation sites excluding steroid dienone is 2. The van der Waals surface area contributed by atoms with Crippen LogP contribution in [0.25, 0.3) is 0 Å². The van der Waals surface area contributed by atoms with E-state index in [0.717, 1.165) is 5.57 Å². The van der Waals surface area contributed by atoms with E-state index in [2.05, 4.69) is 26.3 Å². The van der Waals surface area contributed by atoms with E-state index in [1.165, 1.54) is 0 Å². The van der Waals surface area contributed by atoms with E-state index in [1.54, 1.807) is 6.08 Å². The van der Waals surface area contributed by atoms with Crippen LogP contribution >= 0.6 is 0 Å². The summed E-state index contributed by atoms with van der Waals surface area (Å²) >= 11 is 0. The minimum absolute atomic E-state index is 0. The van der Waals surface area contributed by atoms with Gasteiger partial charge in [0.05, 0.1) is 0 Å². The fraction of sp³-hybridized carbons (Fsp3) is 0.400. The first kappa shape index (κ1) is 22.9. The van der Waals surface area contributed by atoms with Gasteiger partial charge in [0.1, 0.15) is 0 Å². The molecule has 0 fully saturated rings. The second-order valence-electron chi connectivity index (χ2n) is 1.05. The van der Waals surface area contributed by atoms with Crippen molar-refractivity contribution in [2.75, 3.05) is 0 Å². The van der Waals surface area contributed by atoms with Crippen LogP contribution in [-0.2, 0) is 0 Å². The molecule has 0 spiro atoms. The van der Waals surface area contributed by atoms with Crippen LogP contribution in [0.1, 0.15) is 28.2 Å². The van der Waals surface area contributed by atoms with E-state index < -0.39 is 0 Å². The zero-order valence-corrected chi connectivity index (χ0v) is 6.91. The van der Waals surface area contributed by atoms with Crippen LogP contribution < -0.4 is 0 Å². The zero-order chi connectivity index (χ0) is 8.28. The number of rotatable bonds is 1. The fourth-order valence-corrected chi connectivity index (χ4v) is 0. The maximum atomic E-state index is 3.56. The first-order chi connectivity index (χ1) is 4.27. The Morgan fingerprint density at radius 3 is 1.30 bits per heavy atom. The van der Waals surface area contributed by atoms with Gasteiger partial charge in [0.15, 0.2) is 0 Å². The van der Waals surface area contributed by atoms with Gasteiger partial charge in [-0.3, -0.25) is 0 Å². The van der Waals surface area contributed by atoms with Gasteiger partial charge in [-0.25, -0.2) is 0 Å². The highest BCUT2D eigenvalue weighted by atomic mass is 13.7. The average Bonchev–Trinajstić information content (AvgIpc) is 1.97. The smallest absolute Gasteiger partial charge is 0.0404 e. The summed E-state index contributed by atoms with van der Waals surface area (Å²) in [5.74, 6) is 0. The van der Waals surface area contributed by atoms with Crippen LogP contribution in [0.2, 0.25) is 0 Å². The summed E-state index contributed by atoms with van der Waals surface area (Å²) in [5.41, 5.74) is 1.02. The first-order valence-corrected chi connectivity index (χ1v) is 3.05. The summed E-state index contributed by atoms with van der Waals surface area (Å²) in [4.78, 5) is 0. The predicted octanol–water partition coefficient (Wildman–Crippen LogP) is 4.21. The van der Waals surface area contributed by atoms with Crippen LogP contribution in [0.3, 0.4) is 0 Å². The van der Waals surface area contributed by atoms with Crippen molar-refractivity contribution in [3.63, 3.8) is 0 Å². The van der Waals surface area contributed by atoms with Crippen molar-refractivity contribution in [1.82, 2.24) is 0 Å². The highest BCUT2D eigenvalue weighted by Gasteiger charge is 1.59. The maximum absolute atomic E-state index is 3.56. The van der Waals surface area contributed by atoms with Gasteiger partial charge in [-0.05, 0) is 6.92 Å². The lowest BCUT2D eigenvalue weighted by Crippen LogP contribution is -1.50. The van der Waals surface area contributed by atoms with Gasteiger partial charge in [0.2, 0.25) is 0 Å². The Hall–Kier alpha value is -0.780. The molecule has 0 N–H and O–H groups in total. The molecule has 62 valence electrons. The summed E-state index contributed by atoms with van der Waals surface area (Å²) in [6.45, 7) is 18.9. The standard InChI is InChI=1S/C5H8.C2H6.C2H4.CH4/c1-4-5(2)3;2*1-2;/h4H,1-2H2,3H3;1-2H3;1-2H2;1H4. The SMILES string of the molecule is C.C=C.C=CC(=C)C.CC. The van der Waals surface area contributed by atoms with Gasteiger partial charge in [-0.2, -0.15) is 0 Å². The molecule has 10 heavy (non-hydrogen) atoms. The van der Waals surface area contributed by atoms with Crippen LogP contribution in [0.5, 0.6) is 0 Å². The van der Waals surface area contributed by atoms with E-state index >= 15 is 0 Å². The quantitative estimate of drug-likeness (QED) is 0.380. The molecule has 0 unspecified atom stereocenters. The Kier molecular flexibility index (Phi) is 94.5. The monoisotopic (exact) mass is 142 g/mol. The summed E-state index contributed by atoms with van der Waals surface area (Å²) in [6, 6.07) is 0. The first-order valence-electron chi connectivity index (χ1n) is 3.05. The molecule has 0 rings (SSSR count). The molecule has 0 aromatic carbocycles. The van der Waals surface area contributed by atoms with Gasteiger partial charge in [0, 0.05) is 0 Å². The molecular formula is C10H22. The van der Waals surface area contributed by atoms with Gasteiger partial charge in [-0.1, -0.05) is 46.1 Å². The van der Waals surface area contributed by atoms with E-state index in [-0.39, 0.29) is 7.43 Å². The van der Waals surface area contributed by atoms with E-state index in [9.17, 15) is 0 Å². The lowest BCUT2D eigenvalue weighted by Gasteiger charge is -1.71. The molecule has 0 aliphatic heterocycles. The van der Waals surface area contributed by atoms with Crippen LogP contribution in [0, 0.1) is 0 Å². The minimum Gasteiger partial charge on any atom is -0.106 e. The third kappa shape index (κ3) is 188. The Labute approximate surface area is 67.0 Å². The lowest BCUT2D eigenvalue weighted by molar-refractivity contribution is 1.50. The van der Waals surface area contributed by atoms with E-state index in [4.69, 9.17) is 0 Å². The second-order valence-corrected chi connectivity index (χ2v) is 1.05. The third-order valence-corrected chi connectivity index (χ3v) is 0.348. The van der Waals surface area contributed by atoms with Crippen molar-refractivity contribution in [3.8, 4) is 0 Å². The molecule has 0 aromatic rings.